The zero-order valence-corrected chi connectivity index (χ0v) is 12.9. The maximum Gasteiger partial charge on any atom is 0.303 e. The highest BCUT2D eigenvalue weighted by atomic mass is 32.2. The molecule has 1 aromatic rings. The van der Waals surface area contributed by atoms with Gasteiger partial charge in [-0.05, 0) is 41.9 Å². The van der Waals surface area contributed by atoms with Gasteiger partial charge >= 0.3 is 5.97 Å². The van der Waals surface area contributed by atoms with Crippen molar-refractivity contribution in [2.75, 3.05) is 18.1 Å². The van der Waals surface area contributed by atoms with Gasteiger partial charge in [-0.2, -0.15) is 11.8 Å². The van der Waals surface area contributed by atoms with Gasteiger partial charge in [0.1, 0.15) is 0 Å². The van der Waals surface area contributed by atoms with E-state index in [1.54, 1.807) is 23.1 Å². The van der Waals surface area contributed by atoms with Gasteiger partial charge in [-0.25, -0.2) is 0 Å². The quantitative estimate of drug-likeness (QED) is 0.734. The lowest BCUT2D eigenvalue weighted by molar-refractivity contribution is -0.138. The average molecular weight is 313 g/mol. The van der Waals surface area contributed by atoms with Crippen LogP contribution in [0.4, 0.5) is 0 Å². The molecule has 0 spiro atoms. The van der Waals surface area contributed by atoms with Crippen molar-refractivity contribution in [1.29, 1.82) is 0 Å². The fourth-order valence-electron chi connectivity index (χ4n) is 2.06. The third-order valence-corrected chi connectivity index (χ3v) is 5.62. The van der Waals surface area contributed by atoms with Crippen molar-refractivity contribution in [2.24, 2.45) is 5.41 Å². The van der Waals surface area contributed by atoms with Crippen LogP contribution in [0.5, 0.6) is 0 Å². The van der Waals surface area contributed by atoms with Crippen LogP contribution in [0, 0.1) is 5.41 Å². The molecule has 1 heterocycles. The van der Waals surface area contributed by atoms with E-state index in [-0.39, 0.29) is 17.7 Å². The Bertz CT molecular complexity index is 455. The number of thiophene rings is 1. The molecule has 0 saturated heterocycles. The third kappa shape index (κ3) is 5.17. The lowest BCUT2D eigenvalue weighted by Gasteiger charge is -2.11. The molecule has 2 rings (SSSR count). The number of aliphatic carboxylic acids is 1. The number of carboxylic acids is 1. The highest BCUT2D eigenvalue weighted by Gasteiger charge is 2.44. The van der Waals surface area contributed by atoms with Crippen molar-refractivity contribution in [2.45, 2.75) is 25.7 Å². The predicted molar refractivity (Wildman–Crippen MR) is 82.3 cm³/mol. The van der Waals surface area contributed by atoms with Crippen LogP contribution in [0.1, 0.15) is 24.1 Å². The monoisotopic (exact) mass is 313 g/mol. The Kier molecular flexibility index (Phi) is 5.48. The summed E-state index contributed by atoms with van der Waals surface area (Å²) >= 11 is 3.25. The Hall–Kier alpha value is -1.01. The van der Waals surface area contributed by atoms with Gasteiger partial charge in [0, 0.05) is 11.4 Å². The van der Waals surface area contributed by atoms with Gasteiger partial charge in [-0.3, -0.25) is 9.59 Å². The number of nitrogens with one attached hydrogen (secondary N) is 1. The maximum atomic E-state index is 11.7. The molecule has 0 bridgehead atoms. The smallest absolute Gasteiger partial charge is 0.303 e. The molecule has 4 nitrogen and oxygen atoms in total. The van der Waals surface area contributed by atoms with E-state index < -0.39 is 5.97 Å². The summed E-state index contributed by atoms with van der Waals surface area (Å²) in [7, 11) is 0. The summed E-state index contributed by atoms with van der Waals surface area (Å²) in [5, 5.41) is 13.7. The molecule has 1 amide bonds. The molecule has 0 aromatic carbocycles. The zero-order chi connectivity index (χ0) is 14.4. The first kappa shape index (κ1) is 15.4. The molecule has 110 valence electrons. The summed E-state index contributed by atoms with van der Waals surface area (Å²) in [6.45, 7) is 0.667. The number of carbonyl (C=O) groups excluding carboxylic acids is 1. The fraction of sp³-hybridized carbons (Fsp3) is 0.571. The van der Waals surface area contributed by atoms with Crippen molar-refractivity contribution in [3.63, 3.8) is 0 Å². The van der Waals surface area contributed by atoms with Gasteiger partial charge in [0.15, 0.2) is 0 Å². The van der Waals surface area contributed by atoms with E-state index in [4.69, 9.17) is 5.11 Å². The van der Waals surface area contributed by atoms with Crippen LogP contribution in [0.15, 0.2) is 17.5 Å². The predicted octanol–water partition coefficient (Wildman–Crippen LogP) is 2.39. The van der Waals surface area contributed by atoms with Crippen LogP contribution in [0.2, 0.25) is 0 Å². The van der Waals surface area contributed by atoms with Gasteiger partial charge in [0.25, 0.3) is 0 Å². The molecule has 1 fully saturated rings. The number of rotatable bonds is 9. The number of carbonyl (C=O) groups is 2. The molecule has 0 unspecified atom stereocenters. The first-order chi connectivity index (χ1) is 9.60. The summed E-state index contributed by atoms with van der Waals surface area (Å²) in [6.07, 6.45) is 3.07. The van der Waals surface area contributed by atoms with Gasteiger partial charge in [0.05, 0.1) is 12.2 Å². The number of hydrogen-bond acceptors (Lipinski definition) is 4. The van der Waals surface area contributed by atoms with Crippen LogP contribution in [0.3, 0.4) is 0 Å². The Morgan fingerprint density at radius 3 is 2.85 bits per heavy atom. The summed E-state index contributed by atoms with van der Waals surface area (Å²) < 4.78 is 0. The molecule has 2 N–H and O–H groups in total. The number of thioether (sulfide) groups is 1. The molecule has 6 heteroatoms. The summed E-state index contributed by atoms with van der Waals surface area (Å²) in [4.78, 5) is 23.6. The van der Waals surface area contributed by atoms with E-state index in [9.17, 15) is 9.59 Å². The van der Waals surface area contributed by atoms with Gasteiger partial charge in [0.2, 0.25) is 5.91 Å². The second-order valence-corrected chi connectivity index (χ2v) is 7.26. The molecule has 1 aliphatic rings. The molecule has 1 aromatic heterocycles. The summed E-state index contributed by atoms with van der Waals surface area (Å²) in [6, 6.07) is 4.07. The third-order valence-electron chi connectivity index (χ3n) is 3.40. The minimum atomic E-state index is -0.733. The highest BCUT2D eigenvalue weighted by Crippen LogP contribution is 2.50. The van der Waals surface area contributed by atoms with Crippen LogP contribution >= 0.6 is 23.1 Å². The van der Waals surface area contributed by atoms with E-state index in [1.807, 2.05) is 11.4 Å². The lowest BCUT2D eigenvalue weighted by atomic mass is 10.1. The minimum absolute atomic E-state index is 0.0340. The second-order valence-electron chi connectivity index (χ2n) is 5.24. The zero-order valence-electron chi connectivity index (χ0n) is 11.3. The standard InChI is InChI=1S/C14H19NO3S2/c16-12(15-6-3-11-2-1-7-20-11)9-19-10-14(4-5-14)8-13(17)18/h1-2,7H,3-6,8-10H2,(H,15,16)(H,17,18). The molecule has 1 saturated carbocycles. The Morgan fingerprint density at radius 2 is 2.25 bits per heavy atom. The molecule has 0 aliphatic heterocycles. The maximum absolute atomic E-state index is 11.7. The number of hydrogen-bond donors (Lipinski definition) is 2. The van der Waals surface area contributed by atoms with Gasteiger partial charge < -0.3 is 10.4 Å². The highest BCUT2D eigenvalue weighted by molar-refractivity contribution is 7.99. The molecule has 0 atom stereocenters. The number of amides is 1. The van der Waals surface area contributed by atoms with E-state index in [1.165, 1.54) is 4.88 Å². The van der Waals surface area contributed by atoms with Crippen molar-refractivity contribution in [1.82, 2.24) is 5.32 Å². The summed E-state index contributed by atoms with van der Waals surface area (Å²) in [5.41, 5.74) is -0.0340. The van der Waals surface area contributed by atoms with Crippen LogP contribution in [0.25, 0.3) is 0 Å². The topological polar surface area (TPSA) is 66.4 Å². The summed E-state index contributed by atoms with van der Waals surface area (Å²) in [5.74, 6) is 0.505. The van der Waals surface area contributed by atoms with Gasteiger partial charge in [-0.15, -0.1) is 11.3 Å². The Labute approximate surface area is 127 Å². The normalized spacial score (nSPS) is 15.8. The van der Waals surface area contributed by atoms with E-state index in [0.717, 1.165) is 25.0 Å². The second kappa shape index (κ2) is 7.13. The van der Waals surface area contributed by atoms with E-state index in [0.29, 0.717) is 12.3 Å². The Balaban J connectivity index is 1.55. The molecule has 20 heavy (non-hydrogen) atoms. The van der Waals surface area contributed by atoms with Crippen molar-refractivity contribution in [3.05, 3.63) is 22.4 Å². The van der Waals surface area contributed by atoms with Gasteiger partial charge in [-0.1, -0.05) is 6.07 Å². The van der Waals surface area contributed by atoms with Crippen molar-refractivity contribution < 1.29 is 14.7 Å². The largest absolute Gasteiger partial charge is 0.481 e. The average Bonchev–Trinajstić information content (AvgIpc) is 2.92. The van der Waals surface area contributed by atoms with Crippen LogP contribution < -0.4 is 5.32 Å². The molecular weight excluding hydrogens is 294 g/mol. The van der Waals surface area contributed by atoms with Crippen molar-refractivity contribution in [3.8, 4) is 0 Å². The fourth-order valence-corrected chi connectivity index (χ4v) is 3.98. The number of carboxylic acid groups (broad SMARTS) is 1. The van der Waals surface area contributed by atoms with Crippen LogP contribution in [-0.4, -0.2) is 35.0 Å². The first-order valence-electron chi connectivity index (χ1n) is 6.68. The van der Waals surface area contributed by atoms with E-state index >= 15 is 0 Å². The Morgan fingerprint density at radius 1 is 1.45 bits per heavy atom. The van der Waals surface area contributed by atoms with E-state index in [2.05, 4.69) is 11.4 Å². The SMILES string of the molecule is O=C(O)CC1(CSCC(=O)NCCc2cccs2)CC1. The first-order valence-corrected chi connectivity index (χ1v) is 8.72. The molecule has 0 radical (unpaired) electrons. The minimum Gasteiger partial charge on any atom is -0.481 e. The lowest BCUT2D eigenvalue weighted by Crippen LogP contribution is -2.27. The van der Waals surface area contributed by atoms with Crippen LogP contribution in [-0.2, 0) is 16.0 Å². The molecular formula is C14H19NO3S2. The van der Waals surface area contributed by atoms with Crippen molar-refractivity contribution >= 4 is 35.0 Å². The molecule has 1 aliphatic carbocycles.